The Labute approximate surface area is 239 Å². The van der Waals surface area contributed by atoms with E-state index in [1.165, 1.54) is 11.8 Å². The molecule has 0 spiro atoms. The van der Waals surface area contributed by atoms with Gasteiger partial charge in [0.15, 0.2) is 0 Å². The normalized spacial score (nSPS) is 13.9. The lowest BCUT2D eigenvalue weighted by atomic mass is 10.0. The monoisotopic (exact) mass is 593 g/mol. The zero-order chi connectivity index (χ0) is 30.5. The Balaban J connectivity index is 2.30. The summed E-state index contributed by atoms with van der Waals surface area (Å²) >= 11 is 1.50. The molecule has 14 nitrogen and oxygen atoms in total. The Hall–Kier alpha value is -4.11. The summed E-state index contributed by atoms with van der Waals surface area (Å²) in [7, 11) is 0. The summed E-state index contributed by atoms with van der Waals surface area (Å²) in [6.45, 7) is 0. The number of carboxylic acids is 3. The molecule has 0 saturated heterocycles. The predicted molar refractivity (Wildman–Crippen MR) is 150 cm³/mol. The van der Waals surface area contributed by atoms with E-state index >= 15 is 0 Å². The average Bonchev–Trinajstić information content (AvgIpc) is 3.33. The molecule has 0 aliphatic heterocycles. The average molecular weight is 594 g/mol. The number of H-pyrrole nitrogens is 1. The SMILES string of the molecule is CSCCC(N)C(=O)NC(Cc1c[nH]c2ccccc12)C(=O)NC(CCC(=O)O)C(=O)NC(CCC(=O)O)C(=O)O. The van der Waals surface area contributed by atoms with Gasteiger partial charge in [0.05, 0.1) is 6.04 Å². The fourth-order valence-electron chi connectivity index (χ4n) is 3.99. The van der Waals surface area contributed by atoms with Gasteiger partial charge in [-0.25, -0.2) is 4.79 Å². The first kappa shape index (κ1) is 33.1. The minimum Gasteiger partial charge on any atom is -0.481 e. The van der Waals surface area contributed by atoms with Crippen LogP contribution in [-0.2, 0) is 35.2 Å². The van der Waals surface area contributed by atoms with Crippen molar-refractivity contribution < 1.29 is 44.1 Å². The van der Waals surface area contributed by atoms with Crippen molar-refractivity contribution in [2.24, 2.45) is 5.73 Å². The van der Waals surface area contributed by atoms with Crippen molar-refractivity contribution >= 4 is 58.3 Å². The molecule has 15 heteroatoms. The number of carbonyl (C=O) groups excluding carboxylic acids is 3. The Morgan fingerprint density at radius 1 is 0.829 bits per heavy atom. The molecule has 1 aromatic carbocycles. The summed E-state index contributed by atoms with van der Waals surface area (Å²) in [5, 5.41) is 35.4. The van der Waals surface area contributed by atoms with Gasteiger partial charge in [-0.3, -0.25) is 24.0 Å². The number of carbonyl (C=O) groups is 6. The van der Waals surface area contributed by atoms with Gasteiger partial charge in [-0.05, 0) is 42.9 Å². The fraction of sp³-hybridized carbons (Fsp3) is 0.462. The molecule has 41 heavy (non-hydrogen) atoms. The highest BCUT2D eigenvalue weighted by Gasteiger charge is 2.31. The van der Waals surface area contributed by atoms with E-state index in [9.17, 15) is 33.9 Å². The van der Waals surface area contributed by atoms with Crippen LogP contribution in [0.4, 0.5) is 0 Å². The van der Waals surface area contributed by atoms with Crippen molar-refractivity contribution in [2.45, 2.75) is 62.7 Å². The second-order valence-electron chi connectivity index (χ2n) is 9.34. The van der Waals surface area contributed by atoms with Gasteiger partial charge in [-0.15, -0.1) is 0 Å². The van der Waals surface area contributed by atoms with Crippen LogP contribution in [0.2, 0.25) is 0 Å². The number of amides is 3. The molecule has 0 aliphatic carbocycles. The van der Waals surface area contributed by atoms with Gasteiger partial charge in [0.2, 0.25) is 17.7 Å². The minimum absolute atomic E-state index is 0.000463. The van der Waals surface area contributed by atoms with Crippen LogP contribution < -0.4 is 21.7 Å². The number of benzene rings is 1. The van der Waals surface area contributed by atoms with Crippen molar-refractivity contribution in [3.8, 4) is 0 Å². The first-order valence-corrected chi connectivity index (χ1v) is 14.2. The molecule has 2 rings (SSSR count). The summed E-state index contributed by atoms with van der Waals surface area (Å²) < 4.78 is 0. The second kappa shape index (κ2) is 16.2. The van der Waals surface area contributed by atoms with Crippen LogP contribution in [0.15, 0.2) is 30.5 Å². The van der Waals surface area contributed by atoms with Gasteiger partial charge in [-0.2, -0.15) is 11.8 Å². The Morgan fingerprint density at radius 2 is 1.39 bits per heavy atom. The standard InChI is InChI=1S/C26H35N5O9S/c1-41-11-10-16(27)23(36)31-20(12-14-13-28-17-5-3-2-4-15(14)17)25(38)29-18(6-8-21(32)33)24(37)30-19(26(39)40)7-9-22(34)35/h2-5,13,16,18-20,28H,6-12,27H2,1H3,(H,29,38)(H,30,37)(H,31,36)(H,32,33)(H,34,35)(H,39,40). The summed E-state index contributed by atoms with van der Waals surface area (Å²) in [4.78, 5) is 76.0. The summed E-state index contributed by atoms with van der Waals surface area (Å²) in [5.74, 6) is -5.83. The Kier molecular flexibility index (Phi) is 13.1. The predicted octanol–water partition coefficient (Wildman–Crippen LogP) is 0.0594. The highest BCUT2D eigenvalue weighted by atomic mass is 32.2. The van der Waals surface area contributed by atoms with Gasteiger partial charge >= 0.3 is 17.9 Å². The van der Waals surface area contributed by atoms with Crippen molar-refractivity contribution in [3.05, 3.63) is 36.0 Å². The number of thioether (sulfide) groups is 1. The first-order chi connectivity index (χ1) is 19.4. The number of hydrogen-bond donors (Lipinski definition) is 8. The molecule has 0 fully saturated rings. The number of aromatic amines is 1. The van der Waals surface area contributed by atoms with Crippen LogP contribution in [0.25, 0.3) is 10.9 Å². The van der Waals surface area contributed by atoms with Crippen LogP contribution in [0.1, 0.15) is 37.7 Å². The van der Waals surface area contributed by atoms with Crippen molar-refractivity contribution in [1.82, 2.24) is 20.9 Å². The van der Waals surface area contributed by atoms with E-state index in [1.54, 1.807) is 12.3 Å². The second-order valence-corrected chi connectivity index (χ2v) is 10.3. The number of nitrogens with two attached hydrogens (primary N) is 1. The van der Waals surface area contributed by atoms with Crippen LogP contribution in [0.3, 0.4) is 0 Å². The molecular formula is C26H35N5O9S. The molecule has 4 atom stereocenters. The van der Waals surface area contributed by atoms with Crippen LogP contribution >= 0.6 is 11.8 Å². The van der Waals surface area contributed by atoms with Crippen LogP contribution in [0, 0.1) is 0 Å². The first-order valence-electron chi connectivity index (χ1n) is 12.8. The maximum absolute atomic E-state index is 13.5. The third-order valence-corrected chi connectivity index (χ3v) is 6.89. The van der Waals surface area contributed by atoms with Gasteiger partial charge < -0.3 is 42.0 Å². The van der Waals surface area contributed by atoms with E-state index in [2.05, 4.69) is 20.9 Å². The number of aromatic nitrogens is 1. The van der Waals surface area contributed by atoms with Crippen LogP contribution in [0.5, 0.6) is 0 Å². The van der Waals surface area contributed by atoms with Gasteiger partial charge in [-0.1, -0.05) is 18.2 Å². The van der Waals surface area contributed by atoms with Crippen molar-refractivity contribution in [3.63, 3.8) is 0 Å². The maximum atomic E-state index is 13.5. The van der Waals surface area contributed by atoms with Crippen molar-refractivity contribution in [2.75, 3.05) is 12.0 Å². The Bertz CT molecular complexity index is 1250. The lowest BCUT2D eigenvalue weighted by Crippen LogP contribution is -2.57. The van der Waals surface area contributed by atoms with E-state index in [0.717, 1.165) is 10.9 Å². The smallest absolute Gasteiger partial charge is 0.326 e. The Morgan fingerprint density at radius 3 is 2.00 bits per heavy atom. The van der Waals surface area contributed by atoms with Crippen LogP contribution in [-0.4, -0.2) is 92.1 Å². The zero-order valence-corrected chi connectivity index (χ0v) is 23.2. The van der Waals surface area contributed by atoms with Gasteiger partial charge in [0.1, 0.15) is 18.1 Å². The summed E-state index contributed by atoms with van der Waals surface area (Å²) in [5.41, 5.74) is 7.47. The van der Waals surface area contributed by atoms with Gasteiger partial charge in [0.25, 0.3) is 0 Å². The van der Waals surface area contributed by atoms with E-state index in [-0.39, 0.29) is 12.8 Å². The fourth-order valence-corrected chi connectivity index (χ4v) is 4.48. The lowest BCUT2D eigenvalue weighted by Gasteiger charge is -2.25. The largest absolute Gasteiger partial charge is 0.481 e. The number of carboxylic acid groups (broad SMARTS) is 3. The molecule has 1 heterocycles. The lowest BCUT2D eigenvalue weighted by molar-refractivity contribution is -0.144. The molecule has 0 radical (unpaired) electrons. The van der Waals surface area contributed by atoms with E-state index in [4.69, 9.17) is 15.9 Å². The van der Waals surface area contributed by atoms with E-state index in [0.29, 0.717) is 17.7 Å². The molecule has 3 amide bonds. The molecule has 0 saturated carbocycles. The van der Waals surface area contributed by atoms with E-state index < -0.39 is 79.1 Å². The zero-order valence-electron chi connectivity index (χ0n) is 22.4. The third kappa shape index (κ3) is 10.8. The topological polar surface area (TPSA) is 241 Å². The number of fused-ring (bicyclic) bond motifs is 1. The molecule has 224 valence electrons. The quantitative estimate of drug-likeness (QED) is 0.115. The number of para-hydroxylation sites is 1. The maximum Gasteiger partial charge on any atom is 0.326 e. The highest BCUT2D eigenvalue weighted by Crippen LogP contribution is 2.19. The number of hydrogen-bond acceptors (Lipinski definition) is 8. The number of aliphatic carboxylic acids is 3. The number of rotatable bonds is 18. The summed E-state index contributed by atoms with van der Waals surface area (Å²) in [6, 6.07) is 2.10. The molecule has 0 aliphatic rings. The molecule has 0 bridgehead atoms. The molecule has 2 aromatic rings. The molecule has 4 unspecified atom stereocenters. The minimum atomic E-state index is -1.58. The van der Waals surface area contributed by atoms with Gasteiger partial charge in [0, 0.05) is 36.4 Å². The van der Waals surface area contributed by atoms with E-state index in [1.807, 2.05) is 24.5 Å². The van der Waals surface area contributed by atoms with Crippen molar-refractivity contribution in [1.29, 1.82) is 0 Å². The molecule has 1 aromatic heterocycles. The highest BCUT2D eigenvalue weighted by molar-refractivity contribution is 7.98. The third-order valence-electron chi connectivity index (χ3n) is 6.24. The summed E-state index contributed by atoms with van der Waals surface area (Å²) in [6.07, 6.45) is 1.99. The molecule has 9 N–H and O–H groups in total. The number of nitrogens with one attached hydrogen (secondary N) is 4. The molecular weight excluding hydrogens is 558 g/mol.